The first-order valence-electron chi connectivity index (χ1n) is 14.3. The standard InChI is InChI=1S/C29H34F3N7O3/c30-29(31,32)42-25-16-12-23(13-17-25)33-28(41)39(24-14-10-21(11-15-24)20-4-2-1-3-5-20)18-19-6-8-22(9-7-19)26(40)34-27-35-37-38-36-27/h6-9,12-13,16-17,20-21,24H,1-5,10-11,14-15,18H2,(H,33,41)(H2,34,35,36,37,38,40). The number of tetrazole rings is 1. The number of halogens is 3. The first-order valence-corrected chi connectivity index (χ1v) is 14.3. The summed E-state index contributed by atoms with van der Waals surface area (Å²) < 4.78 is 41.6. The second kappa shape index (κ2) is 13.2. The Hall–Kier alpha value is -4.16. The van der Waals surface area contributed by atoms with Crippen LogP contribution in [-0.2, 0) is 6.54 Å². The number of ether oxygens (including phenoxy) is 1. The first-order chi connectivity index (χ1) is 20.2. The highest BCUT2D eigenvalue weighted by Gasteiger charge is 2.33. The Morgan fingerprint density at radius 3 is 2.17 bits per heavy atom. The molecule has 0 spiro atoms. The van der Waals surface area contributed by atoms with Crippen molar-refractivity contribution in [3.05, 3.63) is 59.7 Å². The fourth-order valence-corrected chi connectivity index (χ4v) is 6.14. The third-order valence-electron chi connectivity index (χ3n) is 8.24. The van der Waals surface area contributed by atoms with E-state index in [2.05, 4.69) is 36.0 Å². The van der Waals surface area contributed by atoms with Gasteiger partial charge in [-0.3, -0.25) is 10.1 Å². The second-order valence-corrected chi connectivity index (χ2v) is 11.0. The summed E-state index contributed by atoms with van der Waals surface area (Å²) in [6.45, 7) is 0.312. The van der Waals surface area contributed by atoms with Gasteiger partial charge in [0.05, 0.1) is 0 Å². The van der Waals surface area contributed by atoms with Crippen LogP contribution in [0.1, 0.15) is 73.7 Å². The molecule has 0 bridgehead atoms. The van der Waals surface area contributed by atoms with Gasteiger partial charge in [0.25, 0.3) is 11.9 Å². The summed E-state index contributed by atoms with van der Waals surface area (Å²) in [7, 11) is 0. The normalized spacial score (nSPS) is 19.6. The van der Waals surface area contributed by atoms with Crippen LogP contribution in [0, 0.1) is 11.8 Å². The zero-order valence-corrected chi connectivity index (χ0v) is 23.1. The Balaban J connectivity index is 1.26. The first kappa shape index (κ1) is 29.3. The van der Waals surface area contributed by atoms with Gasteiger partial charge in [-0.1, -0.05) is 49.3 Å². The maximum absolute atomic E-state index is 13.6. The average molecular weight is 586 g/mol. The summed E-state index contributed by atoms with van der Waals surface area (Å²) in [5, 5.41) is 18.5. The van der Waals surface area contributed by atoms with Crippen molar-refractivity contribution in [1.82, 2.24) is 25.5 Å². The number of carbonyl (C=O) groups is 2. The fraction of sp³-hybridized carbons (Fsp3) is 0.483. The number of aromatic nitrogens is 4. The van der Waals surface area contributed by atoms with E-state index in [9.17, 15) is 22.8 Å². The van der Waals surface area contributed by atoms with E-state index in [-0.39, 0.29) is 23.8 Å². The van der Waals surface area contributed by atoms with Crippen LogP contribution in [0.4, 0.5) is 29.6 Å². The van der Waals surface area contributed by atoms with Crippen LogP contribution in [0.25, 0.3) is 0 Å². The molecule has 2 saturated carbocycles. The molecule has 3 aromatic rings. The molecular formula is C29H34F3N7O3. The van der Waals surface area contributed by atoms with Gasteiger partial charge in [0.1, 0.15) is 5.75 Å². The monoisotopic (exact) mass is 585 g/mol. The lowest BCUT2D eigenvalue weighted by molar-refractivity contribution is -0.274. The van der Waals surface area contributed by atoms with Crippen LogP contribution in [0.15, 0.2) is 48.5 Å². The van der Waals surface area contributed by atoms with Crippen molar-refractivity contribution in [1.29, 1.82) is 0 Å². The fourth-order valence-electron chi connectivity index (χ4n) is 6.14. The van der Waals surface area contributed by atoms with Crippen molar-refractivity contribution in [3.8, 4) is 5.75 Å². The minimum Gasteiger partial charge on any atom is -0.406 e. The predicted octanol–water partition coefficient (Wildman–Crippen LogP) is 6.52. The number of rotatable bonds is 8. The molecule has 3 amide bonds. The molecule has 0 saturated heterocycles. The molecule has 0 atom stereocenters. The molecule has 0 radical (unpaired) electrons. The molecule has 2 aromatic carbocycles. The van der Waals surface area contributed by atoms with Crippen LogP contribution >= 0.6 is 0 Å². The van der Waals surface area contributed by atoms with Gasteiger partial charge in [-0.15, -0.1) is 18.3 Å². The van der Waals surface area contributed by atoms with Crippen molar-refractivity contribution >= 4 is 23.6 Å². The zero-order chi connectivity index (χ0) is 29.5. The van der Waals surface area contributed by atoms with Gasteiger partial charge in [0.15, 0.2) is 0 Å². The van der Waals surface area contributed by atoms with Gasteiger partial charge >= 0.3 is 12.4 Å². The molecule has 3 N–H and O–H groups in total. The molecule has 0 unspecified atom stereocenters. The predicted molar refractivity (Wildman–Crippen MR) is 149 cm³/mol. The van der Waals surface area contributed by atoms with Gasteiger partial charge < -0.3 is 15.0 Å². The molecule has 5 rings (SSSR count). The number of anilines is 2. The SMILES string of the molecule is O=C(Nc1nn[nH]n1)c1ccc(CN(C(=O)Nc2ccc(OC(F)(F)F)cc2)C2CCC(C3CCCCC3)CC2)cc1. The van der Waals surface area contributed by atoms with Crippen molar-refractivity contribution in [2.75, 3.05) is 10.6 Å². The Labute approximate surface area is 241 Å². The van der Waals surface area contributed by atoms with Gasteiger partial charge in [-0.2, -0.15) is 5.21 Å². The number of nitrogens with zero attached hydrogens (tertiary/aromatic N) is 4. The van der Waals surface area contributed by atoms with Crippen LogP contribution in [0.3, 0.4) is 0 Å². The van der Waals surface area contributed by atoms with E-state index in [0.29, 0.717) is 23.7 Å². The molecule has 224 valence electrons. The molecule has 10 nitrogen and oxygen atoms in total. The Morgan fingerprint density at radius 2 is 1.55 bits per heavy atom. The van der Waals surface area contributed by atoms with E-state index in [1.54, 1.807) is 29.2 Å². The number of alkyl halides is 3. The average Bonchev–Trinajstić information content (AvgIpc) is 3.50. The summed E-state index contributed by atoms with van der Waals surface area (Å²) in [5.41, 5.74) is 1.60. The van der Waals surface area contributed by atoms with Crippen LogP contribution < -0.4 is 15.4 Å². The Morgan fingerprint density at radius 1 is 0.881 bits per heavy atom. The highest BCUT2D eigenvalue weighted by molar-refractivity contribution is 6.03. The highest BCUT2D eigenvalue weighted by Crippen LogP contribution is 2.39. The number of aromatic amines is 1. The van der Waals surface area contributed by atoms with Gasteiger partial charge in [-0.05, 0) is 84.7 Å². The minimum atomic E-state index is -4.79. The second-order valence-electron chi connectivity index (χ2n) is 11.0. The number of nitrogens with one attached hydrogen (secondary N) is 3. The Bertz CT molecular complexity index is 1300. The molecule has 1 aromatic heterocycles. The number of hydrogen-bond donors (Lipinski definition) is 3. The van der Waals surface area contributed by atoms with E-state index < -0.39 is 12.3 Å². The van der Waals surface area contributed by atoms with Crippen LogP contribution in [0.5, 0.6) is 5.75 Å². The number of H-pyrrole nitrogens is 1. The molecule has 42 heavy (non-hydrogen) atoms. The number of amides is 3. The van der Waals surface area contributed by atoms with E-state index in [4.69, 9.17) is 0 Å². The molecule has 2 aliphatic rings. The van der Waals surface area contributed by atoms with Crippen molar-refractivity contribution in [2.45, 2.75) is 76.7 Å². The Kier molecular flexibility index (Phi) is 9.23. The van der Waals surface area contributed by atoms with Crippen LogP contribution in [-0.4, -0.2) is 49.9 Å². The lowest BCUT2D eigenvalue weighted by Crippen LogP contribution is -2.44. The molecule has 1 heterocycles. The van der Waals surface area contributed by atoms with E-state index in [1.165, 1.54) is 56.4 Å². The molecule has 2 aliphatic carbocycles. The van der Waals surface area contributed by atoms with Crippen molar-refractivity contribution in [3.63, 3.8) is 0 Å². The maximum atomic E-state index is 13.6. The topological polar surface area (TPSA) is 125 Å². The maximum Gasteiger partial charge on any atom is 0.573 e. The lowest BCUT2D eigenvalue weighted by atomic mass is 9.72. The van der Waals surface area contributed by atoms with Gasteiger partial charge in [0.2, 0.25) is 0 Å². The minimum absolute atomic E-state index is 0.0129. The molecule has 2 fully saturated rings. The third-order valence-corrected chi connectivity index (χ3v) is 8.24. The van der Waals surface area contributed by atoms with E-state index in [1.807, 2.05) is 0 Å². The van der Waals surface area contributed by atoms with Crippen molar-refractivity contribution < 1.29 is 27.5 Å². The summed E-state index contributed by atoms with van der Waals surface area (Å²) >= 11 is 0. The molecule has 13 heteroatoms. The van der Waals surface area contributed by atoms with Crippen LogP contribution in [0.2, 0.25) is 0 Å². The number of benzene rings is 2. The van der Waals surface area contributed by atoms with Gasteiger partial charge in [0, 0.05) is 23.8 Å². The molecule has 0 aliphatic heterocycles. The summed E-state index contributed by atoms with van der Waals surface area (Å²) in [6, 6.07) is 11.7. The summed E-state index contributed by atoms with van der Waals surface area (Å²) in [4.78, 5) is 27.9. The van der Waals surface area contributed by atoms with Gasteiger partial charge in [-0.25, -0.2) is 4.79 Å². The third kappa shape index (κ3) is 7.98. The number of hydrogen-bond acceptors (Lipinski definition) is 6. The van der Waals surface area contributed by atoms with E-state index in [0.717, 1.165) is 37.2 Å². The lowest BCUT2D eigenvalue weighted by Gasteiger charge is -2.40. The summed E-state index contributed by atoms with van der Waals surface area (Å²) in [6.07, 6.45) is 5.62. The number of urea groups is 1. The van der Waals surface area contributed by atoms with E-state index >= 15 is 0 Å². The molecular weight excluding hydrogens is 551 g/mol. The zero-order valence-electron chi connectivity index (χ0n) is 23.1. The highest BCUT2D eigenvalue weighted by atomic mass is 19.4. The largest absolute Gasteiger partial charge is 0.573 e. The number of carbonyl (C=O) groups excluding carboxylic acids is 2. The van der Waals surface area contributed by atoms with Crippen molar-refractivity contribution in [2.24, 2.45) is 11.8 Å². The summed E-state index contributed by atoms with van der Waals surface area (Å²) in [5.74, 6) is 0.766. The quantitative estimate of drug-likeness (QED) is 0.276. The smallest absolute Gasteiger partial charge is 0.406 e.